The first-order valence-corrected chi connectivity index (χ1v) is 7.72. The topological polar surface area (TPSA) is 97.6 Å². The molecule has 1 unspecified atom stereocenters. The number of aromatic nitrogens is 1. The maximum atomic E-state index is 12.3. The molecule has 7 nitrogen and oxygen atoms in total. The molecule has 0 aromatic carbocycles. The Morgan fingerprint density at radius 3 is 2.65 bits per heavy atom. The van der Waals surface area contributed by atoms with Crippen molar-refractivity contribution in [1.29, 1.82) is 0 Å². The van der Waals surface area contributed by atoms with E-state index in [9.17, 15) is 19.5 Å². The highest BCUT2D eigenvalue weighted by Crippen LogP contribution is 2.17. The molecule has 0 bridgehead atoms. The van der Waals surface area contributed by atoms with Crippen molar-refractivity contribution in [3.8, 4) is 5.75 Å². The van der Waals surface area contributed by atoms with Crippen molar-refractivity contribution in [3.63, 3.8) is 0 Å². The van der Waals surface area contributed by atoms with Crippen LogP contribution in [0.5, 0.6) is 5.75 Å². The molecule has 0 saturated heterocycles. The number of hydrogen-bond donors (Lipinski definition) is 2. The highest BCUT2D eigenvalue weighted by atomic mass is 16.5. The van der Waals surface area contributed by atoms with Crippen LogP contribution in [0.4, 0.5) is 0 Å². The lowest BCUT2D eigenvalue weighted by atomic mass is 10.0. The first-order chi connectivity index (χ1) is 10.9. The smallest absolute Gasteiger partial charge is 0.327 e. The molecule has 1 amide bonds. The molecule has 1 heterocycles. The number of carbonyl (C=O) groups is 2. The van der Waals surface area contributed by atoms with Gasteiger partial charge in [-0.05, 0) is 24.5 Å². The predicted molar refractivity (Wildman–Crippen MR) is 85.6 cm³/mol. The van der Waals surface area contributed by atoms with E-state index < -0.39 is 17.6 Å². The Kier molecular flexibility index (Phi) is 7.31. The maximum Gasteiger partial charge on any atom is 0.327 e. The molecule has 0 spiro atoms. The summed E-state index contributed by atoms with van der Waals surface area (Å²) < 4.78 is 6.36. The van der Waals surface area contributed by atoms with Gasteiger partial charge in [-0.1, -0.05) is 27.2 Å². The Bertz CT molecular complexity index is 594. The molecule has 2 N–H and O–H groups in total. The molecule has 0 aliphatic heterocycles. The minimum atomic E-state index is -1.09. The van der Waals surface area contributed by atoms with E-state index in [2.05, 4.69) is 5.32 Å². The number of carboxylic acids is 1. The van der Waals surface area contributed by atoms with Gasteiger partial charge in [0.15, 0.2) is 12.4 Å². The summed E-state index contributed by atoms with van der Waals surface area (Å²) in [5, 5.41) is 12.0. The zero-order chi connectivity index (χ0) is 17.4. The summed E-state index contributed by atoms with van der Waals surface area (Å²) in [4.78, 5) is 35.3. The van der Waals surface area contributed by atoms with Crippen molar-refractivity contribution in [2.75, 3.05) is 13.2 Å². The number of rotatable bonds is 9. The minimum absolute atomic E-state index is 0.0370. The number of amides is 1. The van der Waals surface area contributed by atoms with Crippen molar-refractivity contribution in [2.24, 2.45) is 5.92 Å². The van der Waals surface area contributed by atoms with Crippen molar-refractivity contribution in [2.45, 2.75) is 39.7 Å². The molecule has 1 aromatic rings. The molecule has 1 atom stereocenters. The fourth-order valence-corrected chi connectivity index (χ4v) is 2.14. The molecule has 0 fully saturated rings. The van der Waals surface area contributed by atoms with Crippen molar-refractivity contribution in [1.82, 2.24) is 9.88 Å². The van der Waals surface area contributed by atoms with Gasteiger partial charge in [-0.15, -0.1) is 0 Å². The van der Waals surface area contributed by atoms with Crippen LogP contribution >= 0.6 is 0 Å². The van der Waals surface area contributed by atoms with Gasteiger partial charge in [-0.25, -0.2) is 4.79 Å². The van der Waals surface area contributed by atoms with Gasteiger partial charge in [0.25, 0.3) is 11.5 Å². The highest BCUT2D eigenvalue weighted by molar-refractivity contribution is 5.77. The number of unbranched alkanes of at least 4 members (excludes halogenated alkanes) is 1. The molecule has 1 aromatic heterocycles. The number of hydrogen-bond acceptors (Lipinski definition) is 4. The van der Waals surface area contributed by atoms with Crippen molar-refractivity contribution >= 4 is 11.9 Å². The molecular formula is C16H24N2O5. The Morgan fingerprint density at radius 1 is 1.39 bits per heavy atom. The lowest BCUT2D eigenvalue weighted by molar-refractivity contribution is -0.142. The second-order valence-electron chi connectivity index (χ2n) is 5.60. The van der Waals surface area contributed by atoms with E-state index in [1.807, 2.05) is 6.92 Å². The van der Waals surface area contributed by atoms with Crippen LogP contribution in [-0.4, -0.2) is 34.7 Å². The molecule has 7 heteroatoms. The third-order valence-corrected chi connectivity index (χ3v) is 3.34. The molecule has 128 valence electrons. The van der Waals surface area contributed by atoms with Gasteiger partial charge >= 0.3 is 5.97 Å². The lowest BCUT2D eigenvalue weighted by Crippen LogP contribution is -2.34. The third kappa shape index (κ3) is 5.43. The summed E-state index contributed by atoms with van der Waals surface area (Å²) >= 11 is 0. The first-order valence-electron chi connectivity index (χ1n) is 7.72. The summed E-state index contributed by atoms with van der Waals surface area (Å²) in [5.74, 6) is -1.70. The maximum absolute atomic E-state index is 12.3. The van der Waals surface area contributed by atoms with Gasteiger partial charge in [0.05, 0.1) is 0 Å². The molecule has 0 saturated carbocycles. The van der Waals surface area contributed by atoms with E-state index in [-0.39, 0.29) is 24.2 Å². The van der Waals surface area contributed by atoms with Gasteiger partial charge in [0, 0.05) is 12.7 Å². The molecular weight excluding hydrogens is 300 g/mol. The van der Waals surface area contributed by atoms with Gasteiger partial charge in [0.2, 0.25) is 0 Å². The van der Waals surface area contributed by atoms with Gasteiger partial charge in [-0.2, -0.15) is 0 Å². The van der Waals surface area contributed by atoms with Crippen LogP contribution in [-0.2, 0) is 9.59 Å². The summed E-state index contributed by atoms with van der Waals surface area (Å²) in [5.41, 5.74) is -0.560. The van der Waals surface area contributed by atoms with Crippen molar-refractivity contribution < 1.29 is 19.4 Å². The minimum Gasteiger partial charge on any atom is -0.480 e. The van der Waals surface area contributed by atoms with E-state index in [1.54, 1.807) is 13.8 Å². The monoisotopic (exact) mass is 324 g/mol. The molecule has 0 radical (unpaired) electrons. The third-order valence-electron chi connectivity index (χ3n) is 3.34. The van der Waals surface area contributed by atoms with Crippen molar-refractivity contribution in [3.05, 3.63) is 28.7 Å². The zero-order valence-electron chi connectivity index (χ0n) is 13.7. The average Bonchev–Trinajstić information content (AvgIpc) is 2.47. The SMILES string of the molecule is CCCCNC(=O)COc1cccn(C(C(=O)O)C(C)C)c1=O. The van der Waals surface area contributed by atoms with E-state index >= 15 is 0 Å². The second-order valence-corrected chi connectivity index (χ2v) is 5.60. The van der Waals surface area contributed by atoms with Crippen LogP contribution in [0, 0.1) is 5.92 Å². The Morgan fingerprint density at radius 2 is 2.09 bits per heavy atom. The fourth-order valence-electron chi connectivity index (χ4n) is 2.14. The zero-order valence-corrected chi connectivity index (χ0v) is 13.7. The van der Waals surface area contributed by atoms with Crippen LogP contribution < -0.4 is 15.6 Å². The van der Waals surface area contributed by atoms with Gasteiger partial charge in [0.1, 0.15) is 6.04 Å². The van der Waals surface area contributed by atoms with Crippen LogP contribution in [0.25, 0.3) is 0 Å². The summed E-state index contributed by atoms with van der Waals surface area (Å²) in [7, 11) is 0. The number of carbonyl (C=O) groups excluding carboxylic acids is 1. The second kappa shape index (κ2) is 8.97. The number of aliphatic carboxylic acids is 1. The summed E-state index contributed by atoms with van der Waals surface area (Å²) in [6, 6.07) is 1.98. The standard InChI is InChI=1S/C16H24N2O5/c1-4-5-8-17-13(19)10-23-12-7-6-9-18(15(12)20)14(11(2)3)16(21)22/h6-7,9,11,14H,4-5,8,10H2,1-3H3,(H,17,19)(H,21,22). The first kappa shape index (κ1) is 18.7. The van der Waals surface area contributed by atoms with E-state index in [0.717, 1.165) is 17.4 Å². The highest BCUT2D eigenvalue weighted by Gasteiger charge is 2.25. The summed E-state index contributed by atoms with van der Waals surface area (Å²) in [6.45, 7) is 5.75. The van der Waals surface area contributed by atoms with Gasteiger partial charge < -0.3 is 15.2 Å². The van der Waals surface area contributed by atoms with Crippen LogP contribution in [0.1, 0.15) is 39.7 Å². The number of nitrogens with zero attached hydrogens (tertiary/aromatic N) is 1. The quantitative estimate of drug-likeness (QED) is 0.670. The number of ether oxygens (including phenoxy) is 1. The van der Waals surface area contributed by atoms with Crippen LogP contribution in [0.3, 0.4) is 0 Å². The number of nitrogens with one attached hydrogen (secondary N) is 1. The number of pyridine rings is 1. The van der Waals surface area contributed by atoms with Crippen LogP contribution in [0.15, 0.2) is 23.1 Å². The fraction of sp³-hybridized carbons (Fsp3) is 0.562. The summed E-state index contributed by atoms with van der Waals surface area (Å²) in [6.07, 6.45) is 3.25. The largest absolute Gasteiger partial charge is 0.480 e. The van der Waals surface area contributed by atoms with E-state index in [4.69, 9.17) is 4.74 Å². The van der Waals surface area contributed by atoms with E-state index in [0.29, 0.717) is 6.54 Å². The molecule has 0 aliphatic carbocycles. The average molecular weight is 324 g/mol. The molecule has 23 heavy (non-hydrogen) atoms. The normalized spacial score (nSPS) is 12.0. The van der Waals surface area contributed by atoms with E-state index in [1.165, 1.54) is 18.3 Å². The molecule has 0 aliphatic rings. The number of carboxylic acid groups (broad SMARTS) is 1. The molecule has 1 rings (SSSR count). The predicted octanol–water partition coefficient (Wildman–Crippen LogP) is 1.43. The Balaban J connectivity index is 2.82. The van der Waals surface area contributed by atoms with Crippen LogP contribution in [0.2, 0.25) is 0 Å². The Labute approximate surface area is 135 Å². The Hall–Kier alpha value is -2.31. The van der Waals surface area contributed by atoms with Gasteiger partial charge in [-0.3, -0.25) is 14.2 Å². The lowest BCUT2D eigenvalue weighted by Gasteiger charge is -2.19.